The van der Waals surface area contributed by atoms with Crippen molar-refractivity contribution in [2.75, 3.05) is 5.32 Å². The Kier molecular flexibility index (Phi) is 3.89. The number of nitrogens with one attached hydrogen (secondary N) is 1. The monoisotopic (exact) mass is 300 g/mol. The van der Waals surface area contributed by atoms with Crippen molar-refractivity contribution in [3.63, 3.8) is 0 Å². The largest absolute Gasteiger partial charge is 0.325 e. The number of carbonyl (C=O) groups is 1. The maximum atomic E-state index is 12.1. The van der Waals surface area contributed by atoms with Crippen molar-refractivity contribution in [1.82, 2.24) is 20.2 Å². The third-order valence-corrected chi connectivity index (χ3v) is 3.79. The fraction of sp³-hybridized carbons (Fsp3) is 0.467. The van der Waals surface area contributed by atoms with Crippen LogP contribution in [0.1, 0.15) is 32.7 Å². The molecule has 1 amide bonds. The molecule has 1 atom stereocenters. The number of hydrogen-bond acceptors (Lipinski definition) is 5. The Morgan fingerprint density at radius 1 is 1.41 bits per heavy atom. The first-order valence-electron chi connectivity index (χ1n) is 7.51. The number of amides is 1. The lowest BCUT2D eigenvalue weighted by atomic mass is 10.0. The maximum Gasteiger partial charge on any atom is 0.241 e. The zero-order chi connectivity index (χ0) is 15.7. The van der Waals surface area contributed by atoms with E-state index in [1.54, 1.807) is 0 Å². The van der Waals surface area contributed by atoms with Crippen molar-refractivity contribution in [2.45, 2.75) is 38.8 Å². The van der Waals surface area contributed by atoms with Crippen LogP contribution in [0.25, 0.3) is 11.4 Å². The number of hydrogen-bond donors (Lipinski definition) is 2. The molecule has 1 heterocycles. The summed E-state index contributed by atoms with van der Waals surface area (Å²) >= 11 is 0. The molecule has 0 bridgehead atoms. The van der Waals surface area contributed by atoms with E-state index in [2.05, 4.69) is 20.8 Å². The average molecular weight is 300 g/mol. The summed E-state index contributed by atoms with van der Waals surface area (Å²) < 4.78 is 1.85. The van der Waals surface area contributed by atoms with Crippen LogP contribution in [0.5, 0.6) is 0 Å². The molecule has 3 N–H and O–H groups in total. The summed E-state index contributed by atoms with van der Waals surface area (Å²) in [5.41, 5.74) is 7.44. The van der Waals surface area contributed by atoms with E-state index < -0.39 is 6.04 Å². The Hall–Kier alpha value is -2.28. The van der Waals surface area contributed by atoms with E-state index >= 15 is 0 Å². The van der Waals surface area contributed by atoms with Gasteiger partial charge < -0.3 is 11.1 Å². The summed E-state index contributed by atoms with van der Waals surface area (Å²) in [6.07, 6.45) is 2.22. The summed E-state index contributed by atoms with van der Waals surface area (Å²) in [4.78, 5) is 12.1. The van der Waals surface area contributed by atoms with Gasteiger partial charge in [-0.3, -0.25) is 4.79 Å². The van der Waals surface area contributed by atoms with Crippen LogP contribution in [-0.4, -0.2) is 32.2 Å². The molecule has 1 aliphatic rings. The zero-order valence-electron chi connectivity index (χ0n) is 12.7. The predicted octanol–water partition coefficient (Wildman–Crippen LogP) is 1.60. The second-order valence-electron chi connectivity index (χ2n) is 6.02. The zero-order valence-corrected chi connectivity index (χ0v) is 12.7. The molecule has 1 saturated carbocycles. The number of tetrazole rings is 1. The van der Waals surface area contributed by atoms with Crippen LogP contribution in [0.2, 0.25) is 0 Å². The highest BCUT2D eigenvalue weighted by Gasteiger charge is 2.28. The van der Waals surface area contributed by atoms with Gasteiger partial charge in [-0.15, -0.1) is 5.10 Å². The lowest BCUT2D eigenvalue weighted by Crippen LogP contribution is -2.39. The molecule has 3 rings (SSSR count). The van der Waals surface area contributed by atoms with Crippen LogP contribution in [0.15, 0.2) is 24.3 Å². The predicted molar refractivity (Wildman–Crippen MR) is 83.0 cm³/mol. The van der Waals surface area contributed by atoms with Crippen molar-refractivity contribution in [3.8, 4) is 11.4 Å². The van der Waals surface area contributed by atoms with Crippen LogP contribution in [0.3, 0.4) is 0 Å². The minimum absolute atomic E-state index is 0.0883. The van der Waals surface area contributed by atoms with E-state index in [-0.39, 0.29) is 11.8 Å². The van der Waals surface area contributed by atoms with E-state index in [1.807, 2.05) is 42.8 Å². The Morgan fingerprint density at radius 3 is 2.86 bits per heavy atom. The molecule has 1 aliphatic carbocycles. The van der Waals surface area contributed by atoms with Gasteiger partial charge in [0, 0.05) is 11.3 Å². The van der Waals surface area contributed by atoms with E-state index in [4.69, 9.17) is 5.73 Å². The van der Waals surface area contributed by atoms with Gasteiger partial charge in [-0.1, -0.05) is 26.0 Å². The van der Waals surface area contributed by atoms with Crippen molar-refractivity contribution >= 4 is 11.6 Å². The molecule has 1 aromatic heterocycles. The molecular formula is C15H20N6O. The molecule has 22 heavy (non-hydrogen) atoms. The van der Waals surface area contributed by atoms with Crippen molar-refractivity contribution < 1.29 is 4.79 Å². The van der Waals surface area contributed by atoms with Gasteiger partial charge in [-0.2, -0.15) is 0 Å². The van der Waals surface area contributed by atoms with Gasteiger partial charge in [0.15, 0.2) is 5.82 Å². The van der Waals surface area contributed by atoms with E-state index in [9.17, 15) is 4.79 Å². The number of benzene rings is 1. The van der Waals surface area contributed by atoms with Crippen molar-refractivity contribution in [1.29, 1.82) is 0 Å². The standard InChI is InChI=1S/C15H20N6O/c1-9(2)13(16)15(22)17-11-5-3-4-10(8-11)14-18-19-20-21(14)12-6-7-12/h3-5,8-9,12-13H,6-7,16H2,1-2H3,(H,17,22). The van der Waals surface area contributed by atoms with Crippen LogP contribution in [0, 0.1) is 5.92 Å². The quantitative estimate of drug-likeness (QED) is 0.873. The first-order valence-corrected chi connectivity index (χ1v) is 7.51. The number of rotatable bonds is 5. The molecule has 1 fully saturated rings. The molecule has 7 heteroatoms. The molecule has 0 saturated heterocycles. The van der Waals surface area contributed by atoms with Gasteiger partial charge in [0.1, 0.15) is 0 Å². The first kappa shape index (κ1) is 14.6. The number of nitrogens with zero attached hydrogens (tertiary/aromatic N) is 4. The Bertz CT molecular complexity index is 676. The minimum Gasteiger partial charge on any atom is -0.325 e. The van der Waals surface area contributed by atoms with E-state index in [1.165, 1.54) is 0 Å². The second kappa shape index (κ2) is 5.84. The molecule has 0 aliphatic heterocycles. The SMILES string of the molecule is CC(C)C(N)C(=O)Nc1cccc(-c2nnnn2C2CC2)c1. The topological polar surface area (TPSA) is 98.7 Å². The number of anilines is 1. The van der Waals surface area contributed by atoms with Gasteiger partial charge in [-0.25, -0.2) is 4.68 Å². The van der Waals surface area contributed by atoms with Crippen molar-refractivity contribution in [3.05, 3.63) is 24.3 Å². The molecular weight excluding hydrogens is 280 g/mol. The second-order valence-corrected chi connectivity index (χ2v) is 6.02. The van der Waals surface area contributed by atoms with E-state index in [0.29, 0.717) is 11.7 Å². The molecule has 0 spiro atoms. The van der Waals surface area contributed by atoms with Crippen LogP contribution < -0.4 is 11.1 Å². The van der Waals surface area contributed by atoms with Gasteiger partial charge >= 0.3 is 0 Å². The fourth-order valence-corrected chi connectivity index (χ4v) is 2.21. The summed E-state index contributed by atoms with van der Waals surface area (Å²) in [6.45, 7) is 3.84. The smallest absolute Gasteiger partial charge is 0.241 e. The van der Waals surface area contributed by atoms with E-state index in [0.717, 1.165) is 24.2 Å². The maximum absolute atomic E-state index is 12.1. The molecule has 1 aromatic carbocycles. The van der Waals surface area contributed by atoms with Gasteiger partial charge in [-0.05, 0) is 41.3 Å². The molecule has 1 unspecified atom stereocenters. The average Bonchev–Trinajstić information content (AvgIpc) is 3.23. The molecule has 116 valence electrons. The molecule has 7 nitrogen and oxygen atoms in total. The summed E-state index contributed by atoms with van der Waals surface area (Å²) in [5, 5.41) is 14.7. The van der Waals surface area contributed by atoms with Crippen molar-refractivity contribution in [2.24, 2.45) is 11.7 Å². The van der Waals surface area contributed by atoms with Gasteiger partial charge in [0.2, 0.25) is 5.91 Å². The number of nitrogens with two attached hydrogens (primary N) is 1. The Balaban J connectivity index is 1.81. The third-order valence-electron chi connectivity index (χ3n) is 3.79. The lowest BCUT2D eigenvalue weighted by molar-refractivity contribution is -0.118. The summed E-state index contributed by atoms with van der Waals surface area (Å²) in [6, 6.07) is 7.38. The third kappa shape index (κ3) is 2.99. The van der Waals surface area contributed by atoms with Crippen LogP contribution in [0.4, 0.5) is 5.69 Å². The summed E-state index contributed by atoms with van der Waals surface area (Å²) in [7, 11) is 0. The van der Waals surface area contributed by atoms with Gasteiger partial charge in [0.05, 0.1) is 12.1 Å². The van der Waals surface area contributed by atoms with Crippen LogP contribution in [-0.2, 0) is 4.79 Å². The Morgan fingerprint density at radius 2 is 2.18 bits per heavy atom. The Labute approximate surface area is 128 Å². The first-order chi connectivity index (χ1) is 10.6. The number of carbonyl (C=O) groups excluding carboxylic acids is 1. The molecule has 2 aromatic rings. The van der Waals surface area contributed by atoms with Gasteiger partial charge in [0.25, 0.3) is 0 Å². The normalized spacial score (nSPS) is 15.8. The van der Waals surface area contributed by atoms with Crippen LogP contribution >= 0.6 is 0 Å². The lowest BCUT2D eigenvalue weighted by Gasteiger charge is -2.15. The highest BCUT2D eigenvalue weighted by atomic mass is 16.2. The summed E-state index contributed by atoms with van der Waals surface area (Å²) in [5.74, 6) is 0.631. The minimum atomic E-state index is -0.527. The fourth-order valence-electron chi connectivity index (χ4n) is 2.21. The highest BCUT2D eigenvalue weighted by Crippen LogP contribution is 2.36. The molecule has 0 radical (unpaired) electrons. The highest BCUT2D eigenvalue weighted by molar-refractivity contribution is 5.95. The number of aromatic nitrogens is 4.